The van der Waals surface area contributed by atoms with Crippen LogP contribution in [0, 0.1) is 4.91 Å². The number of carbonyl (C=O) groups is 1. The van der Waals surface area contributed by atoms with E-state index in [1.165, 1.54) is 24.3 Å². The van der Waals surface area contributed by atoms with Crippen LogP contribution in [0.2, 0.25) is 0 Å². The first-order valence-electron chi connectivity index (χ1n) is 5.69. The van der Waals surface area contributed by atoms with Crippen molar-refractivity contribution in [2.45, 2.75) is 19.3 Å². The molecule has 4 nitrogen and oxygen atoms in total. The fourth-order valence-electron chi connectivity index (χ4n) is 1.59. The Hall–Kier alpha value is -2.11. The molecule has 0 saturated carbocycles. The first-order valence-corrected chi connectivity index (χ1v) is 5.69. The second-order valence-corrected chi connectivity index (χ2v) is 3.72. The molecule has 0 radical (unpaired) electrons. The molecule has 0 aliphatic heterocycles. The normalized spacial score (nSPS) is 11.5. The number of hydrogen-bond acceptors (Lipinski definition) is 4. The molecule has 1 aromatic rings. The van der Waals surface area contributed by atoms with Gasteiger partial charge in [0.1, 0.15) is 5.69 Å². The molecule has 0 fully saturated rings. The molecule has 102 valence electrons. The van der Waals surface area contributed by atoms with Gasteiger partial charge in [0, 0.05) is 0 Å². The Morgan fingerprint density at radius 3 is 2.47 bits per heavy atom. The minimum Gasteiger partial charge on any atom is -0.466 e. The molecule has 0 amide bonds. The van der Waals surface area contributed by atoms with Gasteiger partial charge >= 0.3 is 5.97 Å². The largest absolute Gasteiger partial charge is 0.466 e. The van der Waals surface area contributed by atoms with Gasteiger partial charge < -0.3 is 4.74 Å². The molecule has 0 aliphatic carbocycles. The Labute approximate surface area is 109 Å². The van der Waals surface area contributed by atoms with Crippen LogP contribution in [0.15, 0.2) is 41.6 Å². The van der Waals surface area contributed by atoms with E-state index in [0.29, 0.717) is 11.6 Å². The average Bonchev–Trinajstić information content (AvgIpc) is 2.39. The molecular formula is C13H13F2NO3. The van der Waals surface area contributed by atoms with Crippen molar-refractivity contribution in [3.63, 3.8) is 0 Å². The van der Waals surface area contributed by atoms with Gasteiger partial charge in [-0.2, -0.15) is 8.78 Å². The smallest absolute Gasteiger partial charge is 0.313 e. The SMILES string of the molecule is CCOC(=O)C(CC=C(F)F)c1ccc(N=O)cc1. The summed E-state index contributed by atoms with van der Waals surface area (Å²) >= 11 is 0. The summed E-state index contributed by atoms with van der Waals surface area (Å²) < 4.78 is 29.1. The summed E-state index contributed by atoms with van der Waals surface area (Å²) in [5.41, 5.74) is 0.710. The van der Waals surface area contributed by atoms with E-state index in [2.05, 4.69) is 5.18 Å². The lowest BCUT2D eigenvalue weighted by atomic mass is 9.95. The highest BCUT2D eigenvalue weighted by Crippen LogP contribution is 2.25. The van der Waals surface area contributed by atoms with E-state index in [0.717, 1.165) is 0 Å². The van der Waals surface area contributed by atoms with E-state index in [4.69, 9.17) is 4.74 Å². The van der Waals surface area contributed by atoms with Crippen LogP contribution in [0.25, 0.3) is 0 Å². The zero-order valence-electron chi connectivity index (χ0n) is 10.3. The van der Waals surface area contributed by atoms with E-state index in [9.17, 15) is 18.5 Å². The molecule has 1 rings (SSSR count). The number of allylic oxidation sites excluding steroid dienone is 1. The summed E-state index contributed by atoms with van der Waals surface area (Å²) in [7, 11) is 0. The van der Waals surface area contributed by atoms with E-state index in [1.54, 1.807) is 6.92 Å². The Bertz CT molecular complexity index is 467. The monoisotopic (exact) mass is 269 g/mol. The maximum absolute atomic E-state index is 12.1. The molecule has 0 saturated heterocycles. The van der Waals surface area contributed by atoms with Gasteiger partial charge in [-0.05, 0) is 42.3 Å². The van der Waals surface area contributed by atoms with Crippen LogP contribution in [0.1, 0.15) is 24.8 Å². The molecule has 0 aromatic heterocycles. The van der Waals surface area contributed by atoms with Gasteiger partial charge in [0.05, 0.1) is 12.5 Å². The molecule has 0 aliphatic rings. The summed E-state index contributed by atoms with van der Waals surface area (Å²) in [6.45, 7) is 1.81. The fourth-order valence-corrected chi connectivity index (χ4v) is 1.59. The average molecular weight is 269 g/mol. The number of hydrogen-bond donors (Lipinski definition) is 0. The third-order valence-electron chi connectivity index (χ3n) is 2.48. The predicted molar refractivity (Wildman–Crippen MR) is 66.2 cm³/mol. The van der Waals surface area contributed by atoms with Crippen LogP contribution in [0.3, 0.4) is 0 Å². The number of esters is 1. The fraction of sp³-hybridized carbons (Fsp3) is 0.308. The molecule has 1 aromatic carbocycles. The Morgan fingerprint density at radius 2 is 2.00 bits per heavy atom. The molecule has 0 spiro atoms. The Balaban J connectivity index is 2.96. The zero-order valence-corrected chi connectivity index (χ0v) is 10.3. The third kappa shape index (κ3) is 4.57. The quantitative estimate of drug-likeness (QED) is 0.581. The summed E-state index contributed by atoms with van der Waals surface area (Å²) in [5, 5.41) is 2.73. The Kier molecular flexibility index (Phi) is 5.78. The van der Waals surface area contributed by atoms with Crippen LogP contribution in [-0.2, 0) is 9.53 Å². The van der Waals surface area contributed by atoms with E-state index >= 15 is 0 Å². The maximum Gasteiger partial charge on any atom is 0.313 e. The standard InChI is InChI=1S/C13H13F2NO3/c1-2-19-13(17)11(7-8-12(14)15)9-3-5-10(16-18)6-4-9/h3-6,8,11H,2,7H2,1H3. The number of nitroso groups, excluding NO2 is 1. The van der Waals surface area contributed by atoms with Crippen molar-refractivity contribution >= 4 is 11.7 Å². The molecule has 6 heteroatoms. The molecule has 1 atom stereocenters. The minimum absolute atomic E-state index is 0.158. The van der Waals surface area contributed by atoms with Gasteiger partial charge in [-0.15, -0.1) is 4.91 Å². The lowest BCUT2D eigenvalue weighted by molar-refractivity contribution is -0.144. The van der Waals surface area contributed by atoms with Gasteiger partial charge in [-0.3, -0.25) is 4.79 Å². The number of benzene rings is 1. The molecule has 0 bridgehead atoms. The second-order valence-electron chi connectivity index (χ2n) is 3.72. The number of rotatable bonds is 6. The highest BCUT2D eigenvalue weighted by molar-refractivity contribution is 5.78. The van der Waals surface area contributed by atoms with Crippen LogP contribution >= 0.6 is 0 Å². The van der Waals surface area contributed by atoms with Gasteiger partial charge in [-0.1, -0.05) is 12.1 Å². The predicted octanol–water partition coefficient (Wildman–Crippen LogP) is 3.90. The second kappa shape index (κ2) is 7.35. The van der Waals surface area contributed by atoms with Crippen molar-refractivity contribution in [2.24, 2.45) is 5.18 Å². The molecular weight excluding hydrogens is 256 g/mol. The molecule has 0 heterocycles. The van der Waals surface area contributed by atoms with Crippen molar-refractivity contribution in [3.8, 4) is 0 Å². The highest BCUT2D eigenvalue weighted by Gasteiger charge is 2.21. The third-order valence-corrected chi connectivity index (χ3v) is 2.48. The van der Waals surface area contributed by atoms with E-state index < -0.39 is 18.0 Å². The van der Waals surface area contributed by atoms with Crippen molar-refractivity contribution in [1.82, 2.24) is 0 Å². The lowest BCUT2D eigenvalue weighted by Gasteiger charge is -2.14. The number of nitrogens with zero attached hydrogens (tertiary/aromatic N) is 1. The number of carbonyl (C=O) groups excluding carboxylic acids is 1. The summed E-state index contributed by atoms with van der Waals surface area (Å²) in [6.07, 6.45) is -1.33. The van der Waals surface area contributed by atoms with Gasteiger partial charge in [0.25, 0.3) is 6.08 Å². The van der Waals surface area contributed by atoms with Crippen molar-refractivity contribution in [1.29, 1.82) is 0 Å². The zero-order chi connectivity index (χ0) is 14.3. The van der Waals surface area contributed by atoms with E-state index in [1.807, 2.05) is 0 Å². The summed E-state index contributed by atoms with van der Waals surface area (Å²) in [6, 6.07) is 5.85. The van der Waals surface area contributed by atoms with Crippen molar-refractivity contribution in [3.05, 3.63) is 46.9 Å². The first kappa shape index (κ1) is 14.9. The first-order chi connectivity index (χ1) is 9.08. The van der Waals surface area contributed by atoms with Gasteiger partial charge in [-0.25, -0.2) is 0 Å². The van der Waals surface area contributed by atoms with Crippen LogP contribution in [-0.4, -0.2) is 12.6 Å². The van der Waals surface area contributed by atoms with E-state index in [-0.39, 0.29) is 18.7 Å². The minimum atomic E-state index is -1.85. The highest BCUT2D eigenvalue weighted by atomic mass is 19.3. The van der Waals surface area contributed by atoms with Crippen molar-refractivity contribution in [2.75, 3.05) is 6.61 Å². The van der Waals surface area contributed by atoms with Gasteiger partial charge in [0.15, 0.2) is 0 Å². The molecule has 0 N–H and O–H groups in total. The maximum atomic E-state index is 12.1. The topological polar surface area (TPSA) is 55.7 Å². The molecule has 1 unspecified atom stereocenters. The van der Waals surface area contributed by atoms with Crippen molar-refractivity contribution < 1.29 is 18.3 Å². The van der Waals surface area contributed by atoms with Gasteiger partial charge in [0.2, 0.25) is 0 Å². The summed E-state index contributed by atoms with van der Waals surface area (Å²) in [5.74, 6) is -1.39. The summed E-state index contributed by atoms with van der Waals surface area (Å²) in [4.78, 5) is 22.0. The Morgan fingerprint density at radius 1 is 1.37 bits per heavy atom. The number of halogens is 2. The number of ether oxygens (including phenoxy) is 1. The lowest BCUT2D eigenvalue weighted by Crippen LogP contribution is -2.15. The van der Waals surface area contributed by atoms with Crippen LogP contribution in [0.5, 0.6) is 0 Å². The van der Waals surface area contributed by atoms with Crippen LogP contribution in [0.4, 0.5) is 14.5 Å². The molecule has 19 heavy (non-hydrogen) atoms. The van der Waals surface area contributed by atoms with Crippen LogP contribution < -0.4 is 0 Å².